The molecule has 6 aromatic carbocycles. The molecule has 0 N–H and O–H groups in total. The fraction of sp³-hybridized carbons (Fsp3) is 0.664. The minimum absolute atomic E-state index is 0.332. The van der Waals surface area contributed by atoms with Gasteiger partial charge >= 0.3 is 0 Å². The molecule has 0 aliphatic rings. The van der Waals surface area contributed by atoms with E-state index in [1.54, 1.807) is 0 Å². The lowest BCUT2D eigenvalue weighted by atomic mass is 9.76. The maximum atomic E-state index is 7.59. The molecular formula is C107H196O10Si16. The Kier molecular flexibility index (Phi) is 45.9. The molecule has 0 heterocycles. The van der Waals surface area contributed by atoms with Gasteiger partial charge in [0.15, 0.2) is 136 Å². The molecule has 26 heteroatoms. The van der Waals surface area contributed by atoms with E-state index in [1.807, 2.05) is 0 Å². The number of benzene rings is 6. The molecule has 8 atom stereocenters. The van der Waals surface area contributed by atoms with Crippen LogP contribution >= 0.6 is 0 Å². The molecule has 0 saturated heterocycles. The highest BCUT2D eigenvalue weighted by Crippen LogP contribution is 2.44. The average molecular weight is 2090 g/mol. The van der Waals surface area contributed by atoms with Crippen molar-refractivity contribution < 1.29 is 42.4 Å². The molecule has 10 nitrogen and oxygen atoms in total. The van der Waals surface area contributed by atoms with Crippen LogP contribution in [0.5, 0.6) is 11.5 Å². The van der Waals surface area contributed by atoms with E-state index in [0.717, 1.165) is 123 Å². The van der Waals surface area contributed by atoms with E-state index in [-0.39, 0.29) is 5.41 Å². The van der Waals surface area contributed by atoms with E-state index in [2.05, 4.69) is 412 Å². The first-order valence-corrected chi connectivity index (χ1v) is 98.7. The van der Waals surface area contributed by atoms with Crippen molar-refractivity contribution >= 4 is 136 Å². The van der Waals surface area contributed by atoms with Gasteiger partial charge < -0.3 is 42.4 Å². The molecule has 0 aromatic heterocycles. The topological polar surface area (TPSA) is 92.3 Å². The minimum atomic E-state index is -2.13. The first-order chi connectivity index (χ1) is 61.0. The summed E-state index contributed by atoms with van der Waals surface area (Å²) < 4.78 is 70.7. The SMILES string of the molecule is CC(C[Si](C)(C)O[Si](C)C)c1ccc(C(C)C[Si](C)(C)O[Si](C)(C)CCCOc2ccc(C(C)(C)c3ccc(OCCC[Si](C)(C)O[Si](C)(C)CC(C)c4cccc(C(C)C[Si](C)(C)O[Si](C)C)c4)c(CCC[Si](C)(C)O[Si](C)(C)CC(C)c4cccc(C(C)C[Si](C)(C)O[Si](C)C)c4)c3)cc2CCC[Si](C)(C)O[Si](C)(C)CC(C)c2cccc(C(C)C[Si](C)(C)O[Si](C)C)c2)cc1. The van der Waals surface area contributed by atoms with Gasteiger partial charge in [0.05, 0.1) is 13.2 Å². The Hall–Kier alpha value is -1.93. The predicted octanol–water partition coefficient (Wildman–Crippen LogP) is 34.6. The molecule has 4 radical (unpaired) electrons. The van der Waals surface area contributed by atoms with Crippen molar-refractivity contribution in [3.8, 4) is 11.5 Å². The van der Waals surface area contributed by atoms with Crippen molar-refractivity contribution in [2.24, 2.45) is 0 Å². The maximum absolute atomic E-state index is 7.59. The van der Waals surface area contributed by atoms with E-state index in [9.17, 15) is 0 Å². The van der Waals surface area contributed by atoms with Crippen molar-refractivity contribution in [1.82, 2.24) is 0 Å². The molecule has 0 bridgehead atoms. The van der Waals surface area contributed by atoms with E-state index in [1.165, 1.54) is 66.8 Å². The summed E-state index contributed by atoms with van der Waals surface area (Å²) in [6, 6.07) is 65.8. The highest BCUT2D eigenvalue weighted by atomic mass is 28.4. The summed E-state index contributed by atoms with van der Waals surface area (Å²) in [5, 5.41) is 0. The summed E-state index contributed by atoms with van der Waals surface area (Å²) in [6.07, 6.45) is 5.86. The van der Waals surface area contributed by atoms with Crippen LogP contribution in [0, 0.1) is 0 Å². The van der Waals surface area contributed by atoms with Gasteiger partial charge in [0.2, 0.25) is 0 Å². The van der Waals surface area contributed by atoms with Gasteiger partial charge in [0.25, 0.3) is 0 Å². The van der Waals surface area contributed by atoms with Gasteiger partial charge in [-0.15, -0.1) is 0 Å². The second-order valence-corrected chi connectivity index (χ2v) is 111. The zero-order valence-electron chi connectivity index (χ0n) is 93.0. The van der Waals surface area contributed by atoms with Gasteiger partial charge in [0.1, 0.15) is 11.5 Å². The van der Waals surface area contributed by atoms with Crippen LogP contribution in [0.1, 0.15) is 209 Å². The van der Waals surface area contributed by atoms with Crippen LogP contribution in [0.4, 0.5) is 0 Å². The fourth-order valence-corrected chi connectivity index (χ4v) is 86.4. The summed E-state index contributed by atoms with van der Waals surface area (Å²) in [5.41, 5.74) is 16.4. The molecule has 748 valence electrons. The Morgan fingerprint density at radius 2 is 0.444 bits per heavy atom. The molecule has 133 heavy (non-hydrogen) atoms. The molecule has 8 unspecified atom stereocenters. The van der Waals surface area contributed by atoms with Crippen molar-refractivity contribution in [2.45, 2.75) is 443 Å². The lowest BCUT2D eigenvalue weighted by Crippen LogP contribution is -2.45. The highest BCUT2D eigenvalue weighted by Gasteiger charge is 2.42. The Morgan fingerprint density at radius 3 is 0.662 bits per heavy atom. The summed E-state index contributed by atoms with van der Waals surface area (Å²) in [6.45, 7) is 103. The first-order valence-electron chi connectivity index (χ1n) is 51.7. The minimum Gasteiger partial charge on any atom is -0.493 e. The van der Waals surface area contributed by atoms with Crippen molar-refractivity contribution in [1.29, 1.82) is 0 Å². The van der Waals surface area contributed by atoms with Crippen molar-refractivity contribution in [2.75, 3.05) is 13.2 Å². The van der Waals surface area contributed by atoms with Crippen LogP contribution in [0.25, 0.3) is 0 Å². The molecule has 0 spiro atoms. The van der Waals surface area contributed by atoms with Crippen molar-refractivity contribution in [3.63, 3.8) is 0 Å². The maximum Gasteiger partial charge on any atom is 0.191 e. The van der Waals surface area contributed by atoms with E-state index >= 15 is 0 Å². The predicted molar refractivity (Wildman–Crippen MR) is 621 cm³/mol. The van der Waals surface area contributed by atoms with Gasteiger partial charge in [-0.3, -0.25) is 0 Å². The van der Waals surface area contributed by atoms with Gasteiger partial charge in [-0.25, -0.2) is 0 Å². The molecule has 0 amide bonds. The quantitative estimate of drug-likeness (QED) is 0.0272. The lowest BCUT2D eigenvalue weighted by molar-refractivity contribution is 0.311. The standard InChI is InChI=1S/C107H196O10Si16/c1-85(77-126(27,28)110-118(11)12)93-58-60-94(61-59-93)86(2)81-130(35,36)116-124(23,24)70-48-66-108-105-64-62-103(75-101(105)56-46-68-122(19,20)114-131(37,38)82-90(6)98-53-43-50-95(72-98)87(3)78-127(29,30)111-119(13)14)107(9,10)104-63-65-106(109-67-49-71-125(25,26)117-133(41,42)84-92(8)100-55-45-52-97(74-100)89(5)80-129(33,34)113-121(17)18)102(76-104)57-47-69-123(21,22)115-132(39,40)83-91(7)99-54-44-51-96(73-99)88(4)79-128(31,32)112-120(15)16/h43-45,50-55,58-65,72-76,85-92H,46-49,56-57,66-71,77-84H2,1-42H3. The first kappa shape index (κ1) is 120. The summed E-state index contributed by atoms with van der Waals surface area (Å²) >= 11 is 0. The lowest BCUT2D eigenvalue weighted by Gasteiger charge is -2.36. The van der Waals surface area contributed by atoms with Crippen LogP contribution in [0.2, 0.25) is 282 Å². The smallest absolute Gasteiger partial charge is 0.191 e. The second kappa shape index (κ2) is 51.0. The number of ether oxygens (including phenoxy) is 2. The molecule has 0 aliphatic carbocycles. The highest BCUT2D eigenvalue weighted by molar-refractivity contribution is 6.87. The van der Waals surface area contributed by atoms with Crippen LogP contribution < -0.4 is 9.47 Å². The Labute approximate surface area is 838 Å². The van der Waals surface area contributed by atoms with Gasteiger partial charge in [-0.05, 0) is 447 Å². The fourth-order valence-electron chi connectivity index (χ4n) is 22.8. The zero-order valence-corrected chi connectivity index (χ0v) is 109. The Bertz CT molecular complexity index is 4500. The normalized spacial score (nSPS) is 15.6. The van der Waals surface area contributed by atoms with E-state index in [0.29, 0.717) is 60.6 Å². The van der Waals surface area contributed by atoms with Gasteiger partial charge in [0, 0.05) is 5.41 Å². The Morgan fingerprint density at radius 1 is 0.241 bits per heavy atom. The molecule has 0 saturated carbocycles. The molecule has 0 fully saturated rings. The number of aryl methyl sites for hydroxylation is 2. The van der Waals surface area contributed by atoms with Gasteiger partial charge in [-0.2, -0.15) is 0 Å². The Balaban J connectivity index is 1.27. The van der Waals surface area contributed by atoms with E-state index in [4.69, 9.17) is 42.4 Å². The third-order valence-electron chi connectivity index (χ3n) is 27.1. The number of hydrogen-bond acceptors (Lipinski definition) is 10. The zero-order chi connectivity index (χ0) is 100. The summed E-state index contributed by atoms with van der Waals surface area (Å²) in [7, 11) is -26.6. The van der Waals surface area contributed by atoms with E-state index < -0.39 is 136 Å². The monoisotopic (exact) mass is 2090 g/mol. The molecular weight excluding hydrogens is 1890 g/mol. The second-order valence-electron chi connectivity index (χ2n) is 50.0. The van der Waals surface area contributed by atoms with Crippen LogP contribution in [-0.2, 0) is 51.2 Å². The van der Waals surface area contributed by atoms with Crippen LogP contribution in [0.15, 0.2) is 133 Å². The van der Waals surface area contributed by atoms with Gasteiger partial charge in [-0.1, -0.05) is 191 Å². The summed E-state index contributed by atoms with van der Waals surface area (Å²) in [4.78, 5) is 0. The average Bonchev–Trinajstić information content (AvgIpc) is 0.778. The van der Waals surface area contributed by atoms with Crippen molar-refractivity contribution in [3.05, 3.63) is 200 Å². The molecule has 6 rings (SSSR count). The number of hydrogen-bond donors (Lipinski definition) is 0. The largest absolute Gasteiger partial charge is 0.493 e. The third-order valence-corrected chi connectivity index (χ3v) is 79.2. The van der Waals surface area contributed by atoms with Crippen LogP contribution in [0.3, 0.4) is 0 Å². The summed E-state index contributed by atoms with van der Waals surface area (Å²) in [5.74, 6) is 5.63. The third kappa shape index (κ3) is 43.3. The molecule has 6 aromatic rings. The molecule has 0 aliphatic heterocycles. The number of rotatable bonds is 60. The van der Waals surface area contributed by atoms with Crippen LogP contribution in [-0.4, -0.2) is 149 Å².